The number of benzene rings is 7. The van der Waals surface area contributed by atoms with E-state index in [1.165, 1.54) is 50.1 Å². The lowest BCUT2D eigenvalue weighted by Gasteiger charge is -2.28. The second kappa shape index (κ2) is 17.2. The summed E-state index contributed by atoms with van der Waals surface area (Å²) >= 11 is 0. The molecule has 2 aromatic heterocycles. The van der Waals surface area contributed by atoms with E-state index < -0.39 is 0 Å². The van der Waals surface area contributed by atoms with Crippen LogP contribution in [0.15, 0.2) is 176 Å². The average molecular weight is 805 g/mol. The molecule has 302 valence electrons. The van der Waals surface area contributed by atoms with Gasteiger partial charge in [0.2, 0.25) is 5.95 Å². The van der Waals surface area contributed by atoms with Crippen LogP contribution in [0.5, 0.6) is 0 Å². The molecule has 7 aromatic carbocycles. The van der Waals surface area contributed by atoms with Gasteiger partial charge in [0.05, 0.1) is 11.4 Å². The Bertz CT molecular complexity index is 2660. The molecule has 6 heteroatoms. The third-order valence-electron chi connectivity index (χ3n) is 11.5. The second-order valence-electron chi connectivity index (χ2n) is 16.2. The third kappa shape index (κ3) is 8.15. The first-order valence-corrected chi connectivity index (χ1v) is 21.1. The first-order valence-electron chi connectivity index (χ1n) is 21.1. The number of aryl methyl sites for hydroxylation is 6. The van der Waals surface area contributed by atoms with Crippen molar-refractivity contribution in [1.82, 2.24) is 24.9 Å². The Labute approximate surface area is 364 Å². The van der Waals surface area contributed by atoms with Gasteiger partial charge in [0, 0.05) is 34.2 Å². The zero-order valence-corrected chi connectivity index (χ0v) is 36.0. The Balaban J connectivity index is 1.30. The summed E-state index contributed by atoms with van der Waals surface area (Å²) in [5, 5.41) is 0. The molecule has 0 bridgehead atoms. The highest BCUT2D eigenvalue weighted by molar-refractivity contribution is 5.78. The molecule has 0 fully saturated rings. The number of hydrogen-bond acceptors (Lipinski definition) is 6. The average Bonchev–Trinajstić information content (AvgIpc) is 3.29. The molecule has 0 aliphatic carbocycles. The topological polar surface area (TPSA) is 67.7 Å². The van der Waals surface area contributed by atoms with Crippen LogP contribution in [0.2, 0.25) is 0 Å². The summed E-state index contributed by atoms with van der Waals surface area (Å²) in [6.45, 7) is 13.3. The van der Waals surface area contributed by atoms with Crippen molar-refractivity contribution < 1.29 is 0 Å². The molecule has 0 unspecified atom stereocenters. The number of anilines is 3. The van der Waals surface area contributed by atoms with E-state index in [0.717, 1.165) is 33.6 Å². The van der Waals surface area contributed by atoms with Gasteiger partial charge in [0.15, 0.2) is 17.5 Å². The van der Waals surface area contributed by atoms with E-state index >= 15 is 0 Å². The van der Waals surface area contributed by atoms with Gasteiger partial charge in [-0.3, -0.25) is 4.90 Å². The van der Waals surface area contributed by atoms with Gasteiger partial charge in [-0.2, -0.15) is 9.97 Å². The van der Waals surface area contributed by atoms with E-state index in [4.69, 9.17) is 24.9 Å². The van der Waals surface area contributed by atoms with Crippen molar-refractivity contribution in [1.29, 1.82) is 0 Å². The van der Waals surface area contributed by atoms with Crippen LogP contribution < -0.4 is 4.90 Å². The van der Waals surface area contributed by atoms with Crippen molar-refractivity contribution in [2.75, 3.05) is 4.90 Å². The van der Waals surface area contributed by atoms with Gasteiger partial charge >= 0.3 is 0 Å². The quantitative estimate of drug-likeness (QED) is 0.128. The van der Waals surface area contributed by atoms with Gasteiger partial charge in [-0.05, 0) is 92.6 Å². The zero-order chi connectivity index (χ0) is 42.7. The maximum absolute atomic E-state index is 5.32. The van der Waals surface area contributed by atoms with Crippen molar-refractivity contribution in [3.8, 4) is 45.4 Å². The summed E-state index contributed by atoms with van der Waals surface area (Å²) in [4.78, 5) is 28.0. The molecular formula is C56H48N6. The van der Waals surface area contributed by atoms with E-state index in [1.54, 1.807) is 0 Å². The van der Waals surface area contributed by atoms with Crippen LogP contribution in [0.25, 0.3) is 45.4 Å². The van der Waals surface area contributed by atoms with E-state index in [9.17, 15) is 0 Å². The zero-order valence-electron chi connectivity index (χ0n) is 36.0. The first kappa shape index (κ1) is 39.9. The molecular weight excluding hydrogens is 757 g/mol. The Kier molecular flexibility index (Phi) is 11.1. The highest BCUT2D eigenvalue weighted by Crippen LogP contribution is 2.42. The number of hydrogen-bond donors (Lipinski definition) is 0. The van der Waals surface area contributed by atoms with Gasteiger partial charge in [-0.15, -0.1) is 0 Å². The van der Waals surface area contributed by atoms with E-state index in [-0.39, 0.29) is 5.92 Å². The SMILES string of the molecule is Cc1cc(C)c(C(c2ccc(N(c3cc(-c4ccccc4)nc(-c4ccccc4)n3)c3nc(-c4ccccc4)nc(-c4ccccc4)n3)cc2)c2c(C)cc(C)cc2C)c(C)c1. The monoisotopic (exact) mass is 804 g/mol. The minimum atomic E-state index is 0.0126. The van der Waals surface area contributed by atoms with Crippen molar-refractivity contribution >= 4 is 17.5 Å². The molecule has 0 radical (unpaired) electrons. The molecule has 9 rings (SSSR count). The summed E-state index contributed by atoms with van der Waals surface area (Å²) in [5.41, 5.74) is 16.8. The van der Waals surface area contributed by atoms with Crippen LogP contribution in [-0.4, -0.2) is 24.9 Å². The molecule has 0 aliphatic rings. The van der Waals surface area contributed by atoms with E-state index in [1.807, 2.05) is 120 Å². The van der Waals surface area contributed by atoms with Crippen LogP contribution in [0.4, 0.5) is 17.5 Å². The van der Waals surface area contributed by atoms with E-state index in [2.05, 4.69) is 102 Å². The van der Waals surface area contributed by atoms with Crippen molar-refractivity contribution in [2.45, 2.75) is 47.5 Å². The molecule has 0 saturated heterocycles. The minimum Gasteiger partial charge on any atom is -0.263 e. The predicted molar refractivity (Wildman–Crippen MR) is 254 cm³/mol. The Hall–Kier alpha value is -7.57. The predicted octanol–water partition coefficient (Wildman–Crippen LogP) is 13.8. The highest BCUT2D eigenvalue weighted by Gasteiger charge is 2.27. The third-order valence-corrected chi connectivity index (χ3v) is 11.5. The van der Waals surface area contributed by atoms with Crippen LogP contribution in [0.1, 0.15) is 56.0 Å². The van der Waals surface area contributed by atoms with E-state index in [0.29, 0.717) is 29.2 Å². The fraction of sp³-hybridized carbons (Fsp3) is 0.125. The molecule has 0 saturated carbocycles. The van der Waals surface area contributed by atoms with Crippen LogP contribution in [-0.2, 0) is 0 Å². The fourth-order valence-electron chi connectivity index (χ4n) is 8.86. The molecule has 0 atom stereocenters. The van der Waals surface area contributed by atoms with Crippen molar-refractivity contribution in [3.63, 3.8) is 0 Å². The molecule has 62 heavy (non-hydrogen) atoms. The molecule has 0 spiro atoms. The lowest BCUT2D eigenvalue weighted by atomic mass is 9.77. The fourth-order valence-corrected chi connectivity index (χ4v) is 8.86. The molecule has 6 nitrogen and oxygen atoms in total. The summed E-state index contributed by atoms with van der Waals surface area (Å²) in [5.74, 6) is 2.80. The summed E-state index contributed by atoms with van der Waals surface area (Å²) in [7, 11) is 0. The highest BCUT2D eigenvalue weighted by atomic mass is 15.3. The van der Waals surface area contributed by atoms with Gasteiger partial charge in [0.1, 0.15) is 5.82 Å². The van der Waals surface area contributed by atoms with Gasteiger partial charge in [0.25, 0.3) is 0 Å². The number of nitrogens with zero attached hydrogens (tertiary/aromatic N) is 6. The molecule has 2 heterocycles. The Morgan fingerprint density at radius 3 is 1.18 bits per heavy atom. The maximum Gasteiger partial charge on any atom is 0.239 e. The lowest BCUT2D eigenvalue weighted by Crippen LogP contribution is -2.18. The molecule has 0 N–H and O–H groups in total. The standard InChI is InChI=1S/C56H48N6/c1-36-31-38(3)50(39(4)32-36)52(51-40(5)33-37(2)34-41(51)6)43-27-29-47(30-28-43)62(49-35-48(42-19-11-7-12-20-42)57-53(58-49)44-21-13-8-14-22-44)56-60-54(45-23-15-9-16-24-45)59-55(61-56)46-25-17-10-18-26-46/h7-35,52H,1-6H3. The van der Waals surface area contributed by atoms with Gasteiger partial charge in [-0.1, -0.05) is 169 Å². The summed E-state index contributed by atoms with van der Waals surface area (Å²) in [6.07, 6.45) is 0. The largest absolute Gasteiger partial charge is 0.263 e. The van der Waals surface area contributed by atoms with Gasteiger partial charge in [-0.25, -0.2) is 15.0 Å². The summed E-state index contributed by atoms with van der Waals surface area (Å²) in [6, 6.07) is 60.7. The van der Waals surface area contributed by atoms with Crippen molar-refractivity contribution in [2.24, 2.45) is 0 Å². The number of aromatic nitrogens is 5. The Morgan fingerprint density at radius 1 is 0.371 bits per heavy atom. The van der Waals surface area contributed by atoms with Crippen molar-refractivity contribution in [3.05, 3.63) is 226 Å². The molecule has 9 aromatic rings. The normalized spacial score (nSPS) is 11.2. The van der Waals surface area contributed by atoms with Gasteiger partial charge < -0.3 is 0 Å². The Morgan fingerprint density at radius 2 is 0.758 bits per heavy atom. The lowest BCUT2D eigenvalue weighted by molar-refractivity contribution is 0.918. The van der Waals surface area contributed by atoms with Crippen LogP contribution in [0, 0.1) is 41.5 Å². The minimum absolute atomic E-state index is 0.0126. The molecule has 0 amide bonds. The first-order chi connectivity index (χ1) is 30.2. The van der Waals surface area contributed by atoms with Crippen LogP contribution in [0.3, 0.4) is 0 Å². The summed E-state index contributed by atoms with van der Waals surface area (Å²) < 4.78 is 0. The van der Waals surface area contributed by atoms with Crippen LogP contribution >= 0.6 is 0 Å². The smallest absolute Gasteiger partial charge is 0.239 e. The molecule has 0 aliphatic heterocycles. The maximum atomic E-state index is 5.32. The number of rotatable bonds is 10. The second-order valence-corrected chi connectivity index (χ2v) is 16.2.